The molecule has 0 radical (unpaired) electrons. The molecule has 0 atom stereocenters. The van der Waals surface area contributed by atoms with Gasteiger partial charge in [-0.25, -0.2) is 13.4 Å². The van der Waals surface area contributed by atoms with Gasteiger partial charge < -0.3 is 0 Å². The van der Waals surface area contributed by atoms with Gasteiger partial charge in [-0.3, -0.25) is 9.52 Å². The van der Waals surface area contributed by atoms with E-state index in [2.05, 4.69) is 4.98 Å². The van der Waals surface area contributed by atoms with E-state index in [1.807, 2.05) is 4.72 Å². The minimum absolute atomic E-state index is 0.0464. The van der Waals surface area contributed by atoms with E-state index in [-0.39, 0.29) is 23.2 Å². The third-order valence-electron chi connectivity index (χ3n) is 2.24. The third kappa shape index (κ3) is 5.57. The second kappa shape index (κ2) is 6.34. The number of aryl methyl sites for hydroxylation is 1. The molecule has 0 aliphatic heterocycles. The Kier molecular flexibility index (Phi) is 5.31. The fraction of sp³-hybridized carbons (Fsp3) is 0.500. The number of halogens is 1. The fourth-order valence-electron chi connectivity index (χ4n) is 1.55. The third-order valence-corrected chi connectivity index (χ3v) is 4.21. The highest BCUT2D eigenvalue weighted by atomic mass is 35.5. The van der Waals surface area contributed by atoms with Gasteiger partial charge in [0, 0.05) is 5.69 Å². The molecule has 0 aliphatic rings. The number of nitrogens with zero attached hydrogens (tertiary/aromatic N) is 1. The molecule has 0 saturated carbocycles. The number of aromatic nitrogens is 1. The first-order valence-electron chi connectivity index (χ1n) is 5.85. The van der Waals surface area contributed by atoms with Crippen LogP contribution in [0.3, 0.4) is 0 Å². The Morgan fingerprint density at radius 3 is 2.58 bits per heavy atom. The predicted molar refractivity (Wildman–Crippen MR) is 74.5 cm³/mol. The Bertz CT molecular complexity index is 570. The van der Waals surface area contributed by atoms with Crippen LogP contribution in [0.5, 0.6) is 0 Å². The minimum atomic E-state index is -3.58. The van der Waals surface area contributed by atoms with E-state index < -0.39 is 15.9 Å². The molecule has 1 aromatic heterocycles. The number of sulfonamides is 1. The van der Waals surface area contributed by atoms with E-state index in [0.29, 0.717) is 5.56 Å². The lowest BCUT2D eigenvalue weighted by Crippen LogP contribution is -2.35. The zero-order valence-corrected chi connectivity index (χ0v) is 12.7. The normalized spacial score (nSPS) is 11.6. The zero-order valence-electron chi connectivity index (χ0n) is 11.1. The van der Waals surface area contributed by atoms with Gasteiger partial charge in [0.05, 0.1) is 12.2 Å². The monoisotopic (exact) mass is 304 g/mol. The van der Waals surface area contributed by atoms with Gasteiger partial charge in [0.1, 0.15) is 5.15 Å². The van der Waals surface area contributed by atoms with Crippen LogP contribution in [-0.4, -0.2) is 25.1 Å². The summed E-state index contributed by atoms with van der Waals surface area (Å²) in [5.74, 6) is -0.735. The molecule has 0 spiro atoms. The second-order valence-electron chi connectivity index (χ2n) is 4.78. The van der Waals surface area contributed by atoms with Crippen LogP contribution in [0.2, 0.25) is 5.15 Å². The van der Waals surface area contributed by atoms with Gasteiger partial charge in [-0.05, 0) is 24.5 Å². The smallest absolute Gasteiger partial charge is 0.237 e. The number of carbonyl (C=O) groups excluding carboxylic acids is 1. The number of nitrogens with one attached hydrogen (secondary N) is 1. The number of rotatable bonds is 5. The number of amides is 1. The Labute approximate surface area is 118 Å². The first-order valence-corrected chi connectivity index (χ1v) is 7.88. The lowest BCUT2D eigenvalue weighted by molar-refractivity contribution is -0.118. The van der Waals surface area contributed by atoms with Crippen LogP contribution in [0.1, 0.15) is 25.1 Å². The van der Waals surface area contributed by atoms with Crippen LogP contribution in [0.25, 0.3) is 0 Å². The number of pyridine rings is 1. The van der Waals surface area contributed by atoms with Gasteiger partial charge >= 0.3 is 0 Å². The molecular weight excluding hydrogens is 288 g/mol. The van der Waals surface area contributed by atoms with Gasteiger partial charge in [0.15, 0.2) is 0 Å². The van der Waals surface area contributed by atoms with Gasteiger partial charge in [-0.1, -0.05) is 31.5 Å². The van der Waals surface area contributed by atoms with Crippen molar-refractivity contribution >= 4 is 27.5 Å². The van der Waals surface area contributed by atoms with Gasteiger partial charge in [-0.15, -0.1) is 0 Å². The van der Waals surface area contributed by atoms with E-state index in [9.17, 15) is 13.2 Å². The summed E-state index contributed by atoms with van der Waals surface area (Å²) in [6.07, 6.45) is -0.108. The van der Waals surface area contributed by atoms with Gasteiger partial charge in [0.25, 0.3) is 0 Å². The molecule has 5 nitrogen and oxygen atoms in total. The maximum atomic E-state index is 11.7. The van der Waals surface area contributed by atoms with Crippen LogP contribution in [-0.2, 0) is 21.2 Å². The maximum absolute atomic E-state index is 11.7. The van der Waals surface area contributed by atoms with E-state index in [1.165, 1.54) is 0 Å². The standard InChI is InChI=1S/C12H17ClN2O3S/c1-8(2)7-19(17,18)15-11(16)6-10-5-4-9(3)14-12(10)13/h4-5,8H,6-7H2,1-3H3,(H,15,16). The summed E-state index contributed by atoms with van der Waals surface area (Å²) >= 11 is 5.89. The molecule has 19 heavy (non-hydrogen) atoms. The van der Waals surface area contributed by atoms with E-state index in [0.717, 1.165) is 5.69 Å². The minimum Gasteiger partial charge on any atom is -0.274 e. The summed E-state index contributed by atoms with van der Waals surface area (Å²) in [6, 6.07) is 3.39. The van der Waals surface area contributed by atoms with Crippen molar-refractivity contribution in [2.45, 2.75) is 27.2 Å². The molecule has 0 unspecified atom stereocenters. The summed E-state index contributed by atoms with van der Waals surface area (Å²) in [5.41, 5.74) is 1.24. The molecule has 0 bridgehead atoms. The average Bonchev–Trinajstić information content (AvgIpc) is 2.19. The summed E-state index contributed by atoms with van der Waals surface area (Å²) in [7, 11) is -3.58. The van der Waals surface area contributed by atoms with Crippen LogP contribution in [0.15, 0.2) is 12.1 Å². The number of hydrogen-bond donors (Lipinski definition) is 1. The molecule has 1 aromatic rings. The number of carbonyl (C=O) groups is 1. The molecule has 1 N–H and O–H groups in total. The second-order valence-corrected chi connectivity index (χ2v) is 6.90. The van der Waals surface area contributed by atoms with E-state index >= 15 is 0 Å². The van der Waals surface area contributed by atoms with Crippen LogP contribution < -0.4 is 4.72 Å². The van der Waals surface area contributed by atoms with Crippen LogP contribution in [0.4, 0.5) is 0 Å². The Morgan fingerprint density at radius 2 is 2.05 bits per heavy atom. The van der Waals surface area contributed by atoms with Crippen molar-refractivity contribution in [1.82, 2.24) is 9.71 Å². The zero-order chi connectivity index (χ0) is 14.6. The molecule has 0 aromatic carbocycles. The van der Waals surface area contributed by atoms with E-state index in [4.69, 9.17) is 11.6 Å². The highest BCUT2D eigenvalue weighted by Crippen LogP contribution is 2.14. The van der Waals surface area contributed by atoms with Crippen molar-refractivity contribution in [1.29, 1.82) is 0 Å². The van der Waals surface area contributed by atoms with E-state index in [1.54, 1.807) is 32.9 Å². The van der Waals surface area contributed by atoms with Gasteiger partial charge in [-0.2, -0.15) is 0 Å². The van der Waals surface area contributed by atoms with Crippen LogP contribution in [0, 0.1) is 12.8 Å². The molecule has 0 aliphatic carbocycles. The summed E-state index contributed by atoms with van der Waals surface area (Å²) in [4.78, 5) is 15.7. The van der Waals surface area contributed by atoms with Crippen molar-refractivity contribution in [2.75, 3.05) is 5.75 Å². The largest absolute Gasteiger partial charge is 0.274 e. The van der Waals surface area contributed by atoms with Crippen molar-refractivity contribution in [3.05, 3.63) is 28.5 Å². The van der Waals surface area contributed by atoms with Crippen molar-refractivity contribution in [3.63, 3.8) is 0 Å². The molecule has 0 fully saturated rings. The van der Waals surface area contributed by atoms with Crippen LogP contribution >= 0.6 is 11.6 Å². The molecular formula is C12H17ClN2O3S. The highest BCUT2D eigenvalue weighted by Gasteiger charge is 2.17. The number of hydrogen-bond acceptors (Lipinski definition) is 4. The SMILES string of the molecule is Cc1ccc(CC(=O)NS(=O)(=O)CC(C)C)c(Cl)n1. The molecule has 1 amide bonds. The maximum Gasteiger partial charge on any atom is 0.237 e. The molecule has 7 heteroatoms. The predicted octanol–water partition coefficient (Wildman–Crippen LogP) is 1.69. The molecule has 1 heterocycles. The molecule has 0 saturated heterocycles. The lowest BCUT2D eigenvalue weighted by Gasteiger charge is -2.09. The van der Waals surface area contributed by atoms with Crippen molar-refractivity contribution in [3.8, 4) is 0 Å². The average molecular weight is 305 g/mol. The Morgan fingerprint density at radius 1 is 1.42 bits per heavy atom. The Hall–Kier alpha value is -1.14. The van der Waals surface area contributed by atoms with Gasteiger partial charge in [0.2, 0.25) is 15.9 Å². The van der Waals surface area contributed by atoms with Crippen molar-refractivity contribution < 1.29 is 13.2 Å². The summed E-state index contributed by atoms with van der Waals surface area (Å²) < 4.78 is 25.2. The lowest BCUT2D eigenvalue weighted by atomic mass is 10.2. The molecule has 106 valence electrons. The van der Waals surface area contributed by atoms with Crippen molar-refractivity contribution in [2.24, 2.45) is 5.92 Å². The quantitative estimate of drug-likeness (QED) is 0.840. The first-order chi connectivity index (χ1) is 8.69. The molecule has 1 rings (SSSR count). The fourth-order valence-corrected chi connectivity index (χ4v) is 3.19. The summed E-state index contributed by atoms with van der Waals surface area (Å²) in [5, 5.41) is 0.219. The topological polar surface area (TPSA) is 76.1 Å². The summed E-state index contributed by atoms with van der Waals surface area (Å²) in [6.45, 7) is 5.32. The Balaban J connectivity index is 2.70. The first kappa shape index (κ1) is 15.9. The highest BCUT2D eigenvalue weighted by molar-refractivity contribution is 7.90.